The Morgan fingerprint density at radius 1 is 1.37 bits per heavy atom. The largest absolute Gasteiger partial charge is 0.335 e. The van der Waals surface area contributed by atoms with Crippen molar-refractivity contribution in [1.82, 2.24) is 14.5 Å². The third kappa shape index (κ3) is 2.37. The maximum Gasteiger partial charge on any atom is 0.274 e. The highest BCUT2D eigenvalue weighted by Crippen LogP contribution is 2.13. The van der Waals surface area contributed by atoms with Gasteiger partial charge >= 0.3 is 0 Å². The van der Waals surface area contributed by atoms with Crippen LogP contribution in [0.4, 0.5) is 0 Å². The van der Waals surface area contributed by atoms with E-state index < -0.39 is 0 Å². The Labute approximate surface area is 114 Å². The van der Waals surface area contributed by atoms with E-state index in [1.807, 2.05) is 48.0 Å². The van der Waals surface area contributed by atoms with Crippen LogP contribution in [0.2, 0.25) is 0 Å². The Bertz CT molecular complexity index is 669. The van der Waals surface area contributed by atoms with Gasteiger partial charge in [-0.15, -0.1) is 11.3 Å². The second kappa shape index (κ2) is 4.85. The molecule has 0 saturated carbocycles. The van der Waals surface area contributed by atoms with Gasteiger partial charge in [0, 0.05) is 18.1 Å². The molecule has 3 heterocycles. The molecule has 1 amide bonds. The van der Waals surface area contributed by atoms with Gasteiger partial charge in [0.25, 0.3) is 5.91 Å². The van der Waals surface area contributed by atoms with Crippen LogP contribution in [-0.2, 0) is 6.54 Å². The Morgan fingerprint density at radius 2 is 2.26 bits per heavy atom. The molecule has 0 saturated heterocycles. The molecular formula is C14H13N3OS. The number of thiophene rings is 1. The van der Waals surface area contributed by atoms with E-state index in [1.54, 1.807) is 27.8 Å². The van der Waals surface area contributed by atoms with E-state index in [0.29, 0.717) is 12.2 Å². The SMILES string of the molecule is CN(Cc1cccs1)C(=O)c1cc2ccccn2n1. The Balaban J connectivity index is 1.82. The number of hydrogen-bond acceptors (Lipinski definition) is 3. The summed E-state index contributed by atoms with van der Waals surface area (Å²) in [7, 11) is 1.80. The number of hydrogen-bond donors (Lipinski definition) is 0. The van der Waals surface area contributed by atoms with Gasteiger partial charge in [-0.1, -0.05) is 12.1 Å². The maximum absolute atomic E-state index is 12.3. The fourth-order valence-electron chi connectivity index (χ4n) is 1.95. The van der Waals surface area contributed by atoms with Crippen molar-refractivity contribution in [3.8, 4) is 0 Å². The second-order valence-corrected chi connectivity index (χ2v) is 5.37. The van der Waals surface area contributed by atoms with Crippen LogP contribution in [0, 0.1) is 0 Å². The number of carbonyl (C=O) groups excluding carboxylic acids is 1. The minimum atomic E-state index is -0.0582. The van der Waals surface area contributed by atoms with Crippen LogP contribution in [0.25, 0.3) is 5.52 Å². The predicted octanol–water partition coefficient (Wildman–Crippen LogP) is 2.67. The van der Waals surface area contributed by atoms with Gasteiger partial charge in [0.2, 0.25) is 0 Å². The van der Waals surface area contributed by atoms with Crippen molar-refractivity contribution in [2.45, 2.75) is 6.54 Å². The standard InChI is InChI=1S/C14H13N3OS/c1-16(10-12-6-4-8-19-12)14(18)13-9-11-5-2-3-7-17(11)15-13/h2-9H,10H2,1H3. The molecule has 96 valence electrons. The summed E-state index contributed by atoms with van der Waals surface area (Å²) in [4.78, 5) is 15.1. The van der Waals surface area contributed by atoms with E-state index in [2.05, 4.69) is 5.10 Å². The summed E-state index contributed by atoms with van der Waals surface area (Å²) < 4.78 is 1.71. The molecule has 4 nitrogen and oxygen atoms in total. The third-order valence-electron chi connectivity index (χ3n) is 2.91. The van der Waals surface area contributed by atoms with Crippen LogP contribution in [0.1, 0.15) is 15.4 Å². The highest BCUT2D eigenvalue weighted by molar-refractivity contribution is 7.09. The molecule has 0 aliphatic heterocycles. The summed E-state index contributed by atoms with van der Waals surface area (Å²) in [6, 6.07) is 11.6. The van der Waals surface area contributed by atoms with Gasteiger partial charge in [-0.3, -0.25) is 4.79 Å². The van der Waals surface area contributed by atoms with Crippen LogP contribution in [0.15, 0.2) is 48.0 Å². The Kier molecular flexibility index (Phi) is 3.05. The van der Waals surface area contributed by atoms with E-state index in [1.165, 1.54) is 4.88 Å². The average Bonchev–Trinajstić information content (AvgIpc) is 3.05. The lowest BCUT2D eigenvalue weighted by Crippen LogP contribution is -2.26. The molecule has 0 aliphatic carbocycles. The maximum atomic E-state index is 12.3. The Hall–Kier alpha value is -2.14. The van der Waals surface area contributed by atoms with Crippen LogP contribution < -0.4 is 0 Å². The smallest absolute Gasteiger partial charge is 0.274 e. The topological polar surface area (TPSA) is 37.6 Å². The molecular weight excluding hydrogens is 258 g/mol. The zero-order valence-electron chi connectivity index (χ0n) is 10.5. The quantitative estimate of drug-likeness (QED) is 0.734. The fourth-order valence-corrected chi connectivity index (χ4v) is 2.70. The molecule has 0 spiro atoms. The average molecular weight is 271 g/mol. The minimum Gasteiger partial charge on any atom is -0.335 e. The van der Waals surface area contributed by atoms with E-state index in [-0.39, 0.29) is 5.91 Å². The van der Waals surface area contributed by atoms with Gasteiger partial charge in [0.05, 0.1) is 12.1 Å². The van der Waals surface area contributed by atoms with E-state index >= 15 is 0 Å². The molecule has 0 aliphatic rings. The van der Waals surface area contributed by atoms with Crippen molar-refractivity contribution in [3.63, 3.8) is 0 Å². The minimum absolute atomic E-state index is 0.0582. The van der Waals surface area contributed by atoms with Crippen molar-refractivity contribution < 1.29 is 4.79 Å². The molecule has 5 heteroatoms. The van der Waals surface area contributed by atoms with Gasteiger partial charge in [0.15, 0.2) is 5.69 Å². The van der Waals surface area contributed by atoms with Crippen LogP contribution in [0.5, 0.6) is 0 Å². The van der Waals surface area contributed by atoms with Gasteiger partial charge in [0.1, 0.15) is 0 Å². The molecule has 3 aromatic rings. The van der Waals surface area contributed by atoms with Crippen molar-refractivity contribution in [1.29, 1.82) is 0 Å². The zero-order chi connectivity index (χ0) is 13.2. The summed E-state index contributed by atoms with van der Waals surface area (Å²) in [5.74, 6) is -0.0582. The first-order valence-corrected chi connectivity index (χ1v) is 6.84. The van der Waals surface area contributed by atoms with Crippen molar-refractivity contribution >= 4 is 22.8 Å². The number of carbonyl (C=O) groups is 1. The molecule has 0 fully saturated rings. The summed E-state index contributed by atoms with van der Waals surface area (Å²) in [5.41, 5.74) is 1.40. The summed E-state index contributed by atoms with van der Waals surface area (Å²) in [5, 5.41) is 6.30. The second-order valence-electron chi connectivity index (χ2n) is 4.34. The lowest BCUT2D eigenvalue weighted by atomic mass is 10.3. The van der Waals surface area contributed by atoms with Crippen LogP contribution in [0.3, 0.4) is 0 Å². The predicted molar refractivity (Wildman–Crippen MR) is 75.3 cm³/mol. The Morgan fingerprint density at radius 3 is 3.00 bits per heavy atom. The summed E-state index contributed by atoms with van der Waals surface area (Å²) >= 11 is 1.65. The molecule has 0 unspecified atom stereocenters. The molecule has 3 aromatic heterocycles. The van der Waals surface area contributed by atoms with Gasteiger partial charge in [-0.05, 0) is 29.6 Å². The van der Waals surface area contributed by atoms with Crippen LogP contribution >= 0.6 is 11.3 Å². The van der Waals surface area contributed by atoms with Crippen LogP contribution in [-0.4, -0.2) is 27.5 Å². The monoisotopic (exact) mass is 271 g/mol. The van der Waals surface area contributed by atoms with Crippen molar-refractivity contribution in [3.05, 3.63) is 58.5 Å². The lowest BCUT2D eigenvalue weighted by molar-refractivity contribution is 0.0780. The molecule has 0 atom stereocenters. The summed E-state index contributed by atoms with van der Waals surface area (Å²) in [6.07, 6.45) is 1.84. The molecule has 0 N–H and O–H groups in total. The number of rotatable bonds is 3. The molecule has 19 heavy (non-hydrogen) atoms. The fraction of sp³-hybridized carbons (Fsp3) is 0.143. The molecule has 0 radical (unpaired) electrons. The first kappa shape index (κ1) is 11.9. The zero-order valence-corrected chi connectivity index (χ0v) is 11.3. The molecule has 3 rings (SSSR count). The van der Waals surface area contributed by atoms with Gasteiger partial charge in [-0.25, -0.2) is 4.52 Å². The first-order chi connectivity index (χ1) is 9.24. The summed E-state index contributed by atoms with van der Waals surface area (Å²) in [6.45, 7) is 0.615. The first-order valence-electron chi connectivity index (χ1n) is 5.96. The number of nitrogens with zero attached hydrogens (tertiary/aromatic N) is 3. The van der Waals surface area contributed by atoms with Crippen molar-refractivity contribution in [2.75, 3.05) is 7.05 Å². The highest BCUT2D eigenvalue weighted by atomic mass is 32.1. The van der Waals surface area contributed by atoms with Crippen molar-refractivity contribution in [2.24, 2.45) is 0 Å². The number of aromatic nitrogens is 2. The number of pyridine rings is 1. The van der Waals surface area contributed by atoms with E-state index in [9.17, 15) is 4.79 Å². The third-order valence-corrected chi connectivity index (χ3v) is 3.77. The van der Waals surface area contributed by atoms with E-state index in [4.69, 9.17) is 0 Å². The molecule has 0 bridgehead atoms. The highest BCUT2D eigenvalue weighted by Gasteiger charge is 2.15. The van der Waals surface area contributed by atoms with Gasteiger partial charge < -0.3 is 4.90 Å². The number of amides is 1. The van der Waals surface area contributed by atoms with E-state index in [0.717, 1.165) is 5.52 Å². The number of fused-ring (bicyclic) bond motifs is 1. The normalized spacial score (nSPS) is 10.8. The lowest BCUT2D eigenvalue weighted by Gasteiger charge is -2.14. The molecule has 0 aromatic carbocycles. The van der Waals surface area contributed by atoms with Gasteiger partial charge in [-0.2, -0.15) is 5.10 Å².